The summed E-state index contributed by atoms with van der Waals surface area (Å²) >= 11 is 6.44. The highest BCUT2D eigenvalue weighted by atomic mass is 35.5. The Bertz CT molecular complexity index is 451. The van der Waals surface area contributed by atoms with E-state index in [1.807, 2.05) is 4.68 Å². The van der Waals surface area contributed by atoms with E-state index in [1.165, 1.54) is 19.3 Å². The van der Waals surface area contributed by atoms with E-state index in [1.54, 1.807) is 6.20 Å². The van der Waals surface area contributed by atoms with Gasteiger partial charge in [0.25, 0.3) is 0 Å². The van der Waals surface area contributed by atoms with E-state index in [0.717, 1.165) is 31.5 Å². The van der Waals surface area contributed by atoms with E-state index >= 15 is 0 Å². The lowest BCUT2D eigenvalue weighted by molar-refractivity contribution is 0.0529. The molecule has 120 valence electrons. The number of aryl methyl sites for hydroxylation is 1. The van der Waals surface area contributed by atoms with Crippen LogP contribution in [0.1, 0.15) is 57.2 Å². The summed E-state index contributed by atoms with van der Waals surface area (Å²) in [6.07, 6.45) is 8.78. The zero-order valence-corrected chi connectivity index (χ0v) is 14.2. The topological polar surface area (TPSA) is 59.1 Å². The standard InChI is InChI=1S/C15H28ClN5/c1-4-10-21-13(12(16)11-18-21)14(19-17)15(20(2)3)8-6-5-7-9-15/h11,14,19H,4-10,17H2,1-3H3. The molecule has 0 saturated heterocycles. The summed E-state index contributed by atoms with van der Waals surface area (Å²) in [4.78, 5) is 2.32. The van der Waals surface area contributed by atoms with Crippen LogP contribution in [0.2, 0.25) is 5.02 Å². The maximum absolute atomic E-state index is 6.44. The molecule has 0 aromatic carbocycles. The van der Waals surface area contributed by atoms with Crippen LogP contribution >= 0.6 is 11.6 Å². The number of rotatable bonds is 6. The molecular weight excluding hydrogens is 286 g/mol. The van der Waals surface area contributed by atoms with Crippen LogP contribution in [-0.4, -0.2) is 34.3 Å². The first-order valence-corrected chi connectivity index (χ1v) is 8.29. The van der Waals surface area contributed by atoms with Crippen molar-refractivity contribution in [2.45, 2.75) is 63.6 Å². The van der Waals surface area contributed by atoms with Gasteiger partial charge in [-0.1, -0.05) is 37.8 Å². The van der Waals surface area contributed by atoms with Crippen molar-refractivity contribution in [1.29, 1.82) is 0 Å². The molecule has 0 aliphatic heterocycles. The summed E-state index contributed by atoms with van der Waals surface area (Å²) in [7, 11) is 4.29. The number of halogens is 1. The lowest BCUT2D eigenvalue weighted by Crippen LogP contribution is -2.56. The Hall–Kier alpha value is -0.620. The van der Waals surface area contributed by atoms with Gasteiger partial charge in [0.15, 0.2) is 0 Å². The molecule has 6 heteroatoms. The number of hydrogen-bond donors (Lipinski definition) is 2. The lowest BCUT2D eigenvalue weighted by Gasteiger charge is -2.48. The van der Waals surface area contributed by atoms with Crippen LogP contribution in [0.4, 0.5) is 0 Å². The maximum Gasteiger partial charge on any atom is 0.0835 e. The van der Waals surface area contributed by atoms with Gasteiger partial charge in [-0.15, -0.1) is 0 Å². The van der Waals surface area contributed by atoms with Crippen LogP contribution in [0.5, 0.6) is 0 Å². The van der Waals surface area contributed by atoms with E-state index < -0.39 is 0 Å². The van der Waals surface area contributed by atoms with Gasteiger partial charge in [-0.05, 0) is 33.4 Å². The minimum absolute atomic E-state index is 0.00215. The van der Waals surface area contributed by atoms with E-state index in [9.17, 15) is 0 Å². The largest absolute Gasteiger partial charge is 0.302 e. The fourth-order valence-electron chi connectivity index (χ4n) is 3.70. The maximum atomic E-state index is 6.44. The number of hydrazine groups is 1. The molecule has 3 N–H and O–H groups in total. The molecule has 0 bridgehead atoms. The molecule has 1 unspecified atom stereocenters. The monoisotopic (exact) mass is 313 g/mol. The SMILES string of the molecule is CCCn1ncc(Cl)c1C(NN)C1(N(C)C)CCCCC1. The molecule has 1 atom stereocenters. The second kappa shape index (κ2) is 7.09. The third-order valence-corrected chi connectivity index (χ3v) is 5.15. The molecule has 1 aromatic rings. The molecular formula is C15H28ClN5. The Morgan fingerprint density at radius 2 is 2.10 bits per heavy atom. The number of nitrogens with one attached hydrogen (secondary N) is 1. The van der Waals surface area contributed by atoms with E-state index in [2.05, 4.69) is 36.4 Å². The van der Waals surface area contributed by atoms with Crippen molar-refractivity contribution in [3.63, 3.8) is 0 Å². The lowest BCUT2D eigenvalue weighted by atomic mass is 9.74. The number of nitrogens with zero attached hydrogens (tertiary/aromatic N) is 3. The van der Waals surface area contributed by atoms with Gasteiger partial charge in [-0.2, -0.15) is 5.10 Å². The summed E-state index contributed by atoms with van der Waals surface area (Å²) in [6.45, 7) is 3.01. The van der Waals surface area contributed by atoms with Crippen molar-refractivity contribution < 1.29 is 0 Å². The molecule has 21 heavy (non-hydrogen) atoms. The van der Waals surface area contributed by atoms with Gasteiger partial charge in [0.1, 0.15) is 0 Å². The van der Waals surface area contributed by atoms with Gasteiger partial charge < -0.3 is 4.90 Å². The molecule has 1 saturated carbocycles. The highest BCUT2D eigenvalue weighted by Crippen LogP contribution is 2.43. The average Bonchev–Trinajstić information content (AvgIpc) is 2.83. The van der Waals surface area contributed by atoms with E-state index in [-0.39, 0.29) is 11.6 Å². The van der Waals surface area contributed by atoms with Gasteiger partial charge in [-0.3, -0.25) is 10.5 Å². The van der Waals surface area contributed by atoms with Crippen LogP contribution in [0.15, 0.2) is 6.20 Å². The van der Waals surface area contributed by atoms with Crippen molar-refractivity contribution in [3.8, 4) is 0 Å². The number of nitrogens with two attached hydrogens (primary N) is 1. The van der Waals surface area contributed by atoms with Crippen LogP contribution in [0.3, 0.4) is 0 Å². The van der Waals surface area contributed by atoms with Crippen LogP contribution in [0.25, 0.3) is 0 Å². The average molecular weight is 314 g/mol. The van der Waals surface area contributed by atoms with Gasteiger partial charge in [0.05, 0.1) is 23.0 Å². The molecule has 0 amide bonds. The Kier molecular flexibility index (Phi) is 5.66. The molecule has 1 heterocycles. The van der Waals surface area contributed by atoms with Gasteiger partial charge in [0, 0.05) is 12.1 Å². The van der Waals surface area contributed by atoms with Crippen LogP contribution < -0.4 is 11.3 Å². The van der Waals surface area contributed by atoms with E-state index in [4.69, 9.17) is 17.4 Å². The summed E-state index contributed by atoms with van der Waals surface area (Å²) in [5.74, 6) is 5.98. The number of hydrogen-bond acceptors (Lipinski definition) is 4. The van der Waals surface area contributed by atoms with Crippen molar-refractivity contribution in [2.24, 2.45) is 5.84 Å². The molecule has 1 aliphatic rings. The van der Waals surface area contributed by atoms with E-state index in [0.29, 0.717) is 5.02 Å². The van der Waals surface area contributed by atoms with Gasteiger partial charge in [0.2, 0.25) is 0 Å². The molecule has 5 nitrogen and oxygen atoms in total. The predicted molar refractivity (Wildman–Crippen MR) is 87.1 cm³/mol. The molecule has 2 rings (SSSR count). The fraction of sp³-hybridized carbons (Fsp3) is 0.800. The second-order valence-corrected chi connectivity index (χ2v) is 6.67. The van der Waals surface area contributed by atoms with Crippen molar-refractivity contribution in [3.05, 3.63) is 16.9 Å². The highest BCUT2D eigenvalue weighted by molar-refractivity contribution is 6.31. The Morgan fingerprint density at radius 3 is 2.62 bits per heavy atom. The third kappa shape index (κ3) is 3.11. The normalized spacial score (nSPS) is 19.9. The minimum atomic E-state index is -0.00523. The summed E-state index contributed by atoms with van der Waals surface area (Å²) in [6, 6.07) is -0.00523. The summed E-state index contributed by atoms with van der Waals surface area (Å²) < 4.78 is 2.01. The Morgan fingerprint density at radius 1 is 1.43 bits per heavy atom. The Labute approximate surface area is 132 Å². The molecule has 1 aliphatic carbocycles. The van der Waals surface area contributed by atoms with Gasteiger partial charge >= 0.3 is 0 Å². The fourth-order valence-corrected chi connectivity index (χ4v) is 3.95. The quantitative estimate of drug-likeness (QED) is 0.626. The first-order chi connectivity index (χ1) is 10.1. The first-order valence-electron chi connectivity index (χ1n) is 7.91. The number of likely N-dealkylation sites (N-methyl/N-ethyl adjacent to an activating group) is 1. The minimum Gasteiger partial charge on any atom is -0.302 e. The zero-order chi connectivity index (χ0) is 15.5. The summed E-state index contributed by atoms with van der Waals surface area (Å²) in [5, 5.41) is 5.14. The molecule has 1 fully saturated rings. The highest BCUT2D eigenvalue weighted by Gasteiger charge is 2.44. The van der Waals surface area contributed by atoms with Gasteiger partial charge in [-0.25, -0.2) is 5.43 Å². The van der Waals surface area contributed by atoms with Crippen LogP contribution in [-0.2, 0) is 6.54 Å². The predicted octanol–water partition coefficient (Wildman–Crippen LogP) is 2.72. The second-order valence-electron chi connectivity index (χ2n) is 6.26. The zero-order valence-electron chi connectivity index (χ0n) is 13.4. The molecule has 0 spiro atoms. The van der Waals surface area contributed by atoms with Crippen molar-refractivity contribution >= 4 is 11.6 Å². The summed E-state index contributed by atoms with van der Waals surface area (Å²) in [5.41, 5.74) is 4.08. The van der Waals surface area contributed by atoms with Crippen molar-refractivity contribution in [1.82, 2.24) is 20.1 Å². The first kappa shape index (κ1) is 16.7. The third-order valence-electron chi connectivity index (χ3n) is 4.86. The van der Waals surface area contributed by atoms with Crippen LogP contribution in [0, 0.1) is 0 Å². The van der Waals surface area contributed by atoms with Crippen molar-refractivity contribution in [2.75, 3.05) is 14.1 Å². The molecule has 0 radical (unpaired) electrons. The Balaban J connectivity index is 2.43. The molecule has 1 aromatic heterocycles. The smallest absolute Gasteiger partial charge is 0.0835 e. The number of aromatic nitrogens is 2.